The first-order valence-electron chi connectivity index (χ1n) is 10.0. The zero-order valence-corrected chi connectivity index (χ0v) is 15.9. The quantitative estimate of drug-likeness (QED) is 0.853. The number of aliphatic imine (C=N–C) groups is 2. The molecule has 2 aliphatic heterocycles. The number of carbonyl (C=O) groups excluding carboxylic acids is 2. The molecule has 0 bridgehead atoms. The molecule has 1 saturated carbocycles. The van der Waals surface area contributed by atoms with Crippen LogP contribution >= 0.6 is 0 Å². The summed E-state index contributed by atoms with van der Waals surface area (Å²) in [5, 5.41) is 2.79. The summed E-state index contributed by atoms with van der Waals surface area (Å²) in [6, 6.07) is 3.30. The first kappa shape index (κ1) is 18.5. The first-order valence-corrected chi connectivity index (χ1v) is 10.0. The number of nitrogens with zero attached hydrogens (tertiary/aromatic N) is 4. The third kappa shape index (κ3) is 4.35. The molecule has 3 aliphatic rings. The average Bonchev–Trinajstić information content (AvgIpc) is 3.26. The molecule has 0 radical (unpaired) electrons. The Morgan fingerprint density at radius 1 is 1.18 bits per heavy atom. The average molecular weight is 379 g/mol. The molecular weight excluding hydrogens is 354 g/mol. The van der Waals surface area contributed by atoms with Gasteiger partial charge in [0.2, 0.25) is 12.2 Å². The van der Waals surface area contributed by atoms with Crippen molar-refractivity contribution >= 4 is 23.7 Å². The Morgan fingerprint density at radius 2 is 1.96 bits per heavy atom. The van der Waals surface area contributed by atoms with Gasteiger partial charge in [0.1, 0.15) is 0 Å². The van der Waals surface area contributed by atoms with Crippen molar-refractivity contribution in [2.45, 2.75) is 51.2 Å². The topological polar surface area (TPSA) is 87.0 Å². The second-order valence-electron chi connectivity index (χ2n) is 7.55. The lowest BCUT2D eigenvalue weighted by atomic mass is 10.0. The fourth-order valence-electron chi connectivity index (χ4n) is 4.00. The summed E-state index contributed by atoms with van der Waals surface area (Å²) in [6.45, 7) is 0.630. The van der Waals surface area contributed by atoms with Crippen LogP contribution in [0.2, 0.25) is 0 Å². The molecule has 1 aromatic rings. The lowest BCUT2D eigenvalue weighted by Gasteiger charge is -2.28. The van der Waals surface area contributed by atoms with E-state index in [0.717, 1.165) is 23.6 Å². The summed E-state index contributed by atoms with van der Waals surface area (Å²) in [6.07, 6.45) is 13.5. The zero-order chi connectivity index (χ0) is 19.3. The van der Waals surface area contributed by atoms with Gasteiger partial charge in [-0.1, -0.05) is 25.7 Å². The second kappa shape index (κ2) is 8.46. The molecule has 1 aromatic heterocycles. The highest BCUT2D eigenvalue weighted by Gasteiger charge is 2.25. The van der Waals surface area contributed by atoms with E-state index in [1.807, 2.05) is 6.20 Å². The monoisotopic (exact) mass is 379 g/mol. The number of nitrogens with one attached hydrogen (secondary N) is 1. The minimum atomic E-state index is -0.627. The van der Waals surface area contributed by atoms with E-state index in [4.69, 9.17) is 0 Å². The van der Waals surface area contributed by atoms with Crippen LogP contribution in [-0.2, 0) is 4.79 Å². The Morgan fingerprint density at radius 3 is 2.75 bits per heavy atom. The molecule has 1 aliphatic carbocycles. The number of rotatable bonds is 5. The highest BCUT2D eigenvalue weighted by atomic mass is 16.2. The van der Waals surface area contributed by atoms with E-state index in [9.17, 15) is 9.59 Å². The van der Waals surface area contributed by atoms with Gasteiger partial charge in [-0.3, -0.25) is 14.6 Å². The third-order valence-corrected chi connectivity index (χ3v) is 5.61. The summed E-state index contributed by atoms with van der Waals surface area (Å²) < 4.78 is 0. The van der Waals surface area contributed by atoms with Gasteiger partial charge in [0.15, 0.2) is 0 Å². The normalized spacial score (nSPS) is 21.7. The van der Waals surface area contributed by atoms with Crippen molar-refractivity contribution < 1.29 is 9.59 Å². The lowest BCUT2D eigenvalue weighted by molar-refractivity contribution is -0.128. The largest absolute Gasteiger partial charge is 0.318 e. The van der Waals surface area contributed by atoms with Crippen molar-refractivity contribution in [1.82, 2.24) is 15.2 Å². The van der Waals surface area contributed by atoms with Crippen molar-refractivity contribution in [2.24, 2.45) is 15.9 Å². The highest BCUT2D eigenvalue weighted by molar-refractivity contribution is 6.18. The number of fused-ring (bicyclic) bond motifs is 1. The van der Waals surface area contributed by atoms with E-state index >= 15 is 0 Å². The number of pyridine rings is 1. The maximum atomic E-state index is 12.5. The van der Waals surface area contributed by atoms with Gasteiger partial charge in [0.25, 0.3) is 5.91 Å². The number of hydrogen-bond acceptors (Lipinski definition) is 5. The Hall–Kier alpha value is -2.83. The molecule has 28 heavy (non-hydrogen) atoms. The summed E-state index contributed by atoms with van der Waals surface area (Å²) in [7, 11) is 0. The van der Waals surface area contributed by atoms with Crippen LogP contribution in [0.4, 0.5) is 0 Å². The van der Waals surface area contributed by atoms with Crippen molar-refractivity contribution in [3.05, 3.63) is 41.9 Å². The van der Waals surface area contributed by atoms with E-state index in [1.54, 1.807) is 35.6 Å². The van der Waals surface area contributed by atoms with Gasteiger partial charge >= 0.3 is 0 Å². The molecule has 7 heteroatoms. The van der Waals surface area contributed by atoms with Gasteiger partial charge in [-0.25, -0.2) is 9.98 Å². The van der Waals surface area contributed by atoms with Crippen LogP contribution in [0.5, 0.6) is 0 Å². The minimum absolute atomic E-state index is 0.181. The first-order chi connectivity index (χ1) is 13.7. The molecule has 2 amide bonds. The van der Waals surface area contributed by atoms with E-state index in [1.165, 1.54) is 25.7 Å². The molecule has 1 atom stereocenters. The van der Waals surface area contributed by atoms with Gasteiger partial charge in [-0.05, 0) is 24.5 Å². The lowest BCUT2D eigenvalue weighted by Crippen LogP contribution is -2.38. The maximum absolute atomic E-state index is 12.5. The number of hydrogen-bond donors (Lipinski definition) is 1. The number of amides is 2. The predicted molar refractivity (Wildman–Crippen MR) is 107 cm³/mol. The number of carbonyl (C=O) groups is 2. The Labute approximate surface area is 164 Å². The van der Waals surface area contributed by atoms with Gasteiger partial charge in [-0.15, -0.1) is 0 Å². The molecule has 146 valence electrons. The van der Waals surface area contributed by atoms with E-state index < -0.39 is 6.29 Å². The van der Waals surface area contributed by atoms with Gasteiger partial charge < -0.3 is 10.2 Å². The molecule has 4 rings (SSSR count). The van der Waals surface area contributed by atoms with E-state index in [-0.39, 0.29) is 11.8 Å². The van der Waals surface area contributed by atoms with Gasteiger partial charge in [0, 0.05) is 55.3 Å². The van der Waals surface area contributed by atoms with Gasteiger partial charge in [0.05, 0.1) is 5.71 Å². The van der Waals surface area contributed by atoms with Crippen LogP contribution in [0.15, 0.2) is 46.3 Å². The molecule has 0 aromatic carbocycles. The summed E-state index contributed by atoms with van der Waals surface area (Å²) in [5.41, 5.74) is 2.26. The van der Waals surface area contributed by atoms with Crippen molar-refractivity contribution in [1.29, 1.82) is 0 Å². The molecule has 1 unspecified atom stereocenters. The number of aromatic nitrogens is 1. The number of allylic oxidation sites excluding steroid dienone is 1. The van der Waals surface area contributed by atoms with E-state index in [0.29, 0.717) is 24.9 Å². The second-order valence-corrected chi connectivity index (χ2v) is 7.55. The summed E-state index contributed by atoms with van der Waals surface area (Å²) in [4.78, 5) is 39.3. The van der Waals surface area contributed by atoms with E-state index in [2.05, 4.69) is 20.3 Å². The fraction of sp³-hybridized carbons (Fsp3) is 0.476. The third-order valence-electron chi connectivity index (χ3n) is 5.61. The van der Waals surface area contributed by atoms with Crippen LogP contribution in [0, 0.1) is 5.92 Å². The predicted octanol–water partition coefficient (Wildman–Crippen LogP) is 2.71. The molecule has 7 nitrogen and oxygen atoms in total. The minimum Gasteiger partial charge on any atom is -0.318 e. The van der Waals surface area contributed by atoms with Crippen LogP contribution in [0.1, 0.15) is 55.3 Å². The molecular formula is C21H25N5O2. The van der Waals surface area contributed by atoms with Gasteiger partial charge in [-0.2, -0.15) is 0 Å². The van der Waals surface area contributed by atoms with Crippen LogP contribution < -0.4 is 5.32 Å². The van der Waals surface area contributed by atoms with Crippen LogP contribution in [0.25, 0.3) is 0 Å². The highest BCUT2D eigenvalue weighted by Crippen LogP contribution is 2.29. The van der Waals surface area contributed by atoms with Crippen molar-refractivity contribution in [2.75, 3.05) is 6.54 Å². The molecule has 0 spiro atoms. The zero-order valence-electron chi connectivity index (χ0n) is 15.9. The molecule has 1 fully saturated rings. The van der Waals surface area contributed by atoms with Crippen LogP contribution in [0.3, 0.4) is 0 Å². The Bertz CT molecular complexity index is 824. The molecule has 3 heterocycles. The van der Waals surface area contributed by atoms with Crippen LogP contribution in [-0.4, -0.2) is 46.5 Å². The fourth-order valence-corrected chi connectivity index (χ4v) is 4.00. The standard InChI is InChI=1S/C21H25N5O2/c27-19(6-5-15-3-1-2-4-15)26-12-9-18-17(14-26)13-23-21(24-18)25-20(28)16-7-10-22-11-8-16/h7-8,10-11,13-15,21H,1-6,9,12H2,(H,25,28). The van der Waals surface area contributed by atoms with Crippen molar-refractivity contribution in [3.8, 4) is 0 Å². The Balaban J connectivity index is 1.34. The van der Waals surface area contributed by atoms with Crippen molar-refractivity contribution in [3.63, 3.8) is 0 Å². The smallest absolute Gasteiger partial charge is 0.254 e. The molecule has 0 saturated heterocycles. The summed E-state index contributed by atoms with van der Waals surface area (Å²) in [5.74, 6) is 0.667. The SMILES string of the molecule is O=C(NC1N=CC2=CN(C(=O)CCC3CCCC3)CCC2=N1)c1ccncc1. The summed E-state index contributed by atoms with van der Waals surface area (Å²) >= 11 is 0. The molecule has 1 N–H and O–H groups in total. The maximum Gasteiger partial charge on any atom is 0.254 e. The Kier molecular flexibility index (Phi) is 5.60.